The summed E-state index contributed by atoms with van der Waals surface area (Å²) in [6.07, 6.45) is 0. The van der Waals surface area contributed by atoms with E-state index in [4.69, 9.17) is 0 Å². The van der Waals surface area contributed by atoms with Crippen molar-refractivity contribution >= 4 is 23.5 Å². The Labute approximate surface area is 70.8 Å². The first kappa shape index (κ1) is 6.80. The number of hydrogen-bond acceptors (Lipinski definition) is 1. The van der Waals surface area contributed by atoms with Gasteiger partial charge in [-0.1, -0.05) is 6.07 Å². The molecule has 1 aromatic heterocycles. The van der Waals surface area contributed by atoms with Crippen molar-refractivity contribution in [3.05, 3.63) is 30.0 Å². The van der Waals surface area contributed by atoms with E-state index in [-0.39, 0.29) is 0 Å². The van der Waals surface area contributed by atoms with Crippen molar-refractivity contribution in [1.82, 2.24) is 4.98 Å². The Balaban J connectivity index is 2.82. The van der Waals surface area contributed by atoms with Crippen LogP contribution in [0.3, 0.4) is 0 Å². The molecule has 2 heteroatoms. The zero-order chi connectivity index (χ0) is 7.84. The van der Waals surface area contributed by atoms with E-state index in [1.807, 2.05) is 12.1 Å². The van der Waals surface area contributed by atoms with Crippen LogP contribution in [0.1, 0.15) is 5.69 Å². The third-order valence-electron chi connectivity index (χ3n) is 1.74. The number of hydrogen-bond donors (Lipinski definition) is 2. The predicted molar refractivity (Wildman–Crippen MR) is 50.3 cm³/mol. The van der Waals surface area contributed by atoms with Gasteiger partial charge >= 0.3 is 0 Å². The van der Waals surface area contributed by atoms with E-state index >= 15 is 0 Å². The molecule has 0 amide bonds. The van der Waals surface area contributed by atoms with Crippen molar-refractivity contribution in [1.29, 1.82) is 0 Å². The largest absolute Gasteiger partial charge is 0.359 e. The average molecular weight is 163 g/mol. The van der Waals surface area contributed by atoms with Gasteiger partial charge in [0.25, 0.3) is 0 Å². The quantitative estimate of drug-likeness (QED) is 0.555. The van der Waals surface area contributed by atoms with Gasteiger partial charge in [-0.05, 0) is 30.5 Å². The second kappa shape index (κ2) is 2.31. The third-order valence-corrected chi connectivity index (χ3v) is 2.02. The zero-order valence-corrected chi connectivity index (χ0v) is 7.15. The van der Waals surface area contributed by atoms with Gasteiger partial charge in [-0.3, -0.25) is 0 Å². The van der Waals surface area contributed by atoms with Crippen molar-refractivity contribution in [3.8, 4) is 0 Å². The standard InChI is InChI=1S/C9H9NS/c1-6-4-7-2-3-8(11)5-9(7)10-6/h2-5,10-11H,1H3. The molecule has 0 bridgehead atoms. The van der Waals surface area contributed by atoms with Crippen LogP contribution in [0.4, 0.5) is 0 Å². The first-order chi connectivity index (χ1) is 5.25. The molecule has 0 fully saturated rings. The summed E-state index contributed by atoms with van der Waals surface area (Å²) in [4.78, 5) is 4.25. The molecule has 0 saturated heterocycles. The van der Waals surface area contributed by atoms with E-state index in [0.717, 1.165) is 10.4 Å². The number of H-pyrrole nitrogens is 1. The van der Waals surface area contributed by atoms with E-state index in [2.05, 4.69) is 36.7 Å². The van der Waals surface area contributed by atoms with Crippen molar-refractivity contribution in [2.24, 2.45) is 0 Å². The molecule has 1 nitrogen and oxygen atoms in total. The van der Waals surface area contributed by atoms with Gasteiger partial charge in [-0.2, -0.15) is 0 Å². The van der Waals surface area contributed by atoms with Crippen molar-refractivity contribution in [3.63, 3.8) is 0 Å². The van der Waals surface area contributed by atoms with E-state index in [0.29, 0.717) is 0 Å². The molecule has 0 aliphatic rings. The van der Waals surface area contributed by atoms with Gasteiger partial charge in [0.1, 0.15) is 0 Å². The summed E-state index contributed by atoms with van der Waals surface area (Å²) >= 11 is 4.25. The molecular weight excluding hydrogens is 154 g/mol. The highest BCUT2D eigenvalue weighted by Gasteiger charge is 1.95. The van der Waals surface area contributed by atoms with E-state index in [9.17, 15) is 0 Å². The maximum atomic E-state index is 4.25. The van der Waals surface area contributed by atoms with Crippen molar-refractivity contribution < 1.29 is 0 Å². The Kier molecular flexibility index (Phi) is 1.43. The summed E-state index contributed by atoms with van der Waals surface area (Å²) in [5.41, 5.74) is 2.36. The SMILES string of the molecule is Cc1cc2ccc(S)cc2[nH]1. The molecule has 11 heavy (non-hydrogen) atoms. The minimum atomic E-state index is 0.999. The lowest BCUT2D eigenvalue weighted by molar-refractivity contribution is 1.29. The number of aromatic nitrogens is 1. The van der Waals surface area contributed by atoms with Gasteiger partial charge in [0.2, 0.25) is 0 Å². The minimum absolute atomic E-state index is 0.999. The van der Waals surface area contributed by atoms with Gasteiger partial charge < -0.3 is 4.98 Å². The van der Waals surface area contributed by atoms with Crippen molar-refractivity contribution in [2.75, 3.05) is 0 Å². The summed E-state index contributed by atoms with van der Waals surface area (Å²) in [5.74, 6) is 0. The summed E-state index contributed by atoms with van der Waals surface area (Å²) in [6.45, 7) is 2.05. The molecule has 2 aromatic rings. The van der Waals surface area contributed by atoms with Crippen LogP contribution in [-0.2, 0) is 0 Å². The molecule has 0 saturated carbocycles. The molecule has 0 unspecified atom stereocenters. The summed E-state index contributed by atoms with van der Waals surface area (Å²) < 4.78 is 0. The van der Waals surface area contributed by atoms with Crippen LogP contribution in [0.5, 0.6) is 0 Å². The molecular formula is C9H9NS. The number of rotatable bonds is 0. The van der Waals surface area contributed by atoms with Crippen LogP contribution in [-0.4, -0.2) is 4.98 Å². The van der Waals surface area contributed by atoms with Crippen LogP contribution in [0.2, 0.25) is 0 Å². The smallest absolute Gasteiger partial charge is 0.0467 e. The number of thiol groups is 1. The molecule has 0 aliphatic heterocycles. The minimum Gasteiger partial charge on any atom is -0.359 e. The Morgan fingerprint density at radius 3 is 2.91 bits per heavy atom. The lowest BCUT2D eigenvalue weighted by Crippen LogP contribution is -1.68. The molecule has 0 spiro atoms. The number of benzene rings is 1. The summed E-state index contributed by atoms with van der Waals surface area (Å²) in [5, 5.41) is 1.25. The second-order valence-corrected chi connectivity index (χ2v) is 3.24. The van der Waals surface area contributed by atoms with Crippen LogP contribution < -0.4 is 0 Å². The van der Waals surface area contributed by atoms with Gasteiger partial charge in [0, 0.05) is 16.1 Å². The summed E-state index contributed by atoms with van der Waals surface area (Å²) in [6, 6.07) is 8.23. The zero-order valence-electron chi connectivity index (χ0n) is 6.26. The molecule has 2 rings (SSSR count). The molecule has 0 atom stereocenters. The lowest BCUT2D eigenvalue weighted by Gasteiger charge is -1.89. The van der Waals surface area contributed by atoms with Crippen LogP contribution in [0.15, 0.2) is 29.2 Å². The topological polar surface area (TPSA) is 15.8 Å². The lowest BCUT2D eigenvalue weighted by atomic mass is 10.2. The highest BCUT2D eigenvalue weighted by atomic mass is 32.1. The van der Waals surface area contributed by atoms with E-state index in [1.165, 1.54) is 11.1 Å². The van der Waals surface area contributed by atoms with Crippen LogP contribution in [0.25, 0.3) is 10.9 Å². The monoisotopic (exact) mass is 163 g/mol. The number of aryl methyl sites for hydroxylation is 1. The number of fused-ring (bicyclic) bond motifs is 1. The van der Waals surface area contributed by atoms with Gasteiger partial charge in [-0.25, -0.2) is 0 Å². The van der Waals surface area contributed by atoms with Crippen molar-refractivity contribution in [2.45, 2.75) is 11.8 Å². The first-order valence-electron chi connectivity index (χ1n) is 3.54. The summed E-state index contributed by atoms with van der Waals surface area (Å²) in [7, 11) is 0. The Bertz CT molecular complexity index is 389. The molecule has 56 valence electrons. The Morgan fingerprint density at radius 1 is 1.27 bits per heavy atom. The molecule has 0 aliphatic carbocycles. The van der Waals surface area contributed by atoms with E-state index in [1.54, 1.807) is 0 Å². The van der Waals surface area contributed by atoms with Gasteiger partial charge in [0.05, 0.1) is 0 Å². The molecule has 0 radical (unpaired) electrons. The second-order valence-electron chi connectivity index (χ2n) is 2.72. The van der Waals surface area contributed by atoms with Gasteiger partial charge in [-0.15, -0.1) is 12.6 Å². The highest BCUT2D eigenvalue weighted by Crippen LogP contribution is 2.18. The number of nitrogens with one attached hydrogen (secondary N) is 1. The average Bonchev–Trinajstić information content (AvgIpc) is 2.27. The maximum Gasteiger partial charge on any atom is 0.0467 e. The maximum absolute atomic E-state index is 4.25. The first-order valence-corrected chi connectivity index (χ1v) is 3.99. The normalized spacial score (nSPS) is 10.7. The molecule has 1 heterocycles. The fourth-order valence-corrected chi connectivity index (χ4v) is 1.46. The van der Waals surface area contributed by atoms with Crippen LogP contribution >= 0.6 is 12.6 Å². The fourth-order valence-electron chi connectivity index (χ4n) is 1.26. The predicted octanol–water partition coefficient (Wildman–Crippen LogP) is 2.77. The van der Waals surface area contributed by atoms with E-state index < -0.39 is 0 Å². The Morgan fingerprint density at radius 2 is 2.09 bits per heavy atom. The fraction of sp³-hybridized carbons (Fsp3) is 0.111. The molecule has 1 aromatic carbocycles. The third kappa shape index (κ3) is 1.14. The molecule has 1 N–H and O–H groups in total. The van der Waals surface area contributed by atoms with Crippen LogP contribution in [0, 0.1) is 6.92 Å². The highest BCUT2D eigenvalue weighted by molar-refractivity contribution is 7.80. The number of aromatic amines is 1. The Hall–Kier alpha value is -0.890. The van der Waals surface area contributed by atoms with Gasteiger partial charge in [0.15, 0.2) is 0 Å².